The predicted molar refractivity (Wildman–Crippen MR) is 217 cm³/mol. The van der Waals surface area contributed by atoms with E-state index in [9.17, 15) is 33.9 Å². The third kappa shape index (κ3) is 31.4. The average molecular weight is 816 g/mol. The van der Waals surface area contributed by atoms with Gasteiger partial charge in [-0.1, -0.05) is 25.7 Å². The number of ether oxygens (including phenoxy) is 4. The molecule has 18 heteroatoms. The van der Waals surface area contributed by atoms with Crippen LogP contribution in [0.1, 0.15) is 141 Å². The molecule has 6 amide bonds. The van der Waals surface area contributed by atoms with Gasteiger partial charge in [-0.25, -0.2) is 19.2 Å². The van der Waals surface area contributed by atoms with Crippen LogP contribution < -0.4 is 26.6 Å². The normalized spacial score (nSPS) is 12.3. The number of aliphatic imine (C=N–C) groups is 1. The molecule has 0 aromatic heterocycles. The van der Waals surface area contributed by atoms with Crippen molar-refractivity contribution in [2.24, 2.45) is 4.99 Å². The molecule has 0 spiro atoms. The topological polar surface area (TPSA) is 235 Å². The third-order valence-electron chi connectivity index (χ3n) is 6.97. The second kappa shape index (κ2) is 25.8. The largest absolute Gasteiger partial charge is 0.444 e. The van der Waals surface area contributed by atoms with Crippen molar-refractivity contribution in [3.63, 3.8) is 0 Å². The van der Waals surface area contributed by atoms with E-state index >= 15 is 0 Å². The Morgan fingerprint density at radius 3 is 1.37 bits per heavy atom. The Hall–Kier alpha value is -4.35. The molecule has 6 N–H and O–H groups in total. The fourth-order valence-electron chi connectivity index (χ4n) is 4.60. The first-order valence-corrected chi connectivity index (χ1v) is 19.9. The van der Waals surface area contributed by atoms with Crippen LogP contribution >= 0.6 is 0 Å². The molecule has 1 unspecified atom stereocenters. The number of hydrogen-bond acceptors (Lipinski definition) is 12. The SMILES string of the molecule is CC(C)(C)OC(=O)NCCCN(CCCCNC(=O)C(O)C(=O)NCCCCCCCCN=C(NC(=O)OC(C)(C)C)NC(=O)OC(C)(C)C)C(=O)OC(C)(C)C. The lowest BCUT2D eigenvalue weighted by Crippen LogP contribution is -2.47. The van der Waals surface area contributed by atoms with E-state index in [1.165, 1.54) is 0 Å². The lowest BCUT2D eigenvalue weighted by molar-refractivity contribution is -0.141. The van der Waals surface area contributed by atoms with Crippen LogP contribution in [0.3, 0.4) is 0 Å². The van der Waals surface area contributed by atoms with E-state index in [0.717, 1.165) is 25.7 Å². The zero-order valence-corrected chi connectivity index (χ0v) is 36.6. The summed E-state index contributed by atoms with van der Waals surface area (Å²) < 4.78 is 21.2. The Bertz CT molecular complexity index is 1270. The molecule has 0 saturated carbocycles. The molecule has 57 heavy (non-hydrogen) atoms. The van der Waals surface area contributed by atoms with Crippen LogP contribution in [-0.2, 0) is 28.5 Å². The molecule has 0 heterocycles. The number of hydrogen-bond donors (Lipinski definition) is 6. The van der Waals surface area contributed by atoms with E-state index in [4.69, 9.17) is 18.9 Å². The number of carbonyl (C=O) groups excluding carboxylic acids is 6. The number of rotatable bonds is 20. The van der Waals surface area contributed by atoms with Crippen molar-refractivity contribution in [2.45, 2.75) is 169 Å². The van der Waals surface area contributed by atoms with Crippen molar-refractivity contribution in [3.05, 3.63) is 0 Å². The first-order valence-electron chi connectivity index (χ1n) is 19.9. The number of nitrogens with one attached hydrogen (secondary N) is 5. The van der Waals surface area contributed by atoms with Crippen molar-refractivity contribution in [1.82, 2.24) is 31.5 Å². The number of nitrogens with zero attached hydrogens (tertiary/aromatic N) is 2. The second-order valence-corrected chi connectivity index (χ2v) is 17.5. The minimum absolute atomic E-state index is 0.0635. The molecule has 0 aliphatic carbocycles. The molecule has 18 nitrogen and oxygen atoms in total. The molecule has 0 fully saturated rings. The second-order valence-electron chi connectivity index (χ2n) is 17.5. The summed E-state index contributed by atoms with van der Waals surface area (Å²) in [6.07, 6.45) is 1.89. The molecular weight excluding hydrogens is 742 g/mol. The Morgan fingerprint density at radius 2 is 0.895 bits per heavy atom. The maximum absolute atomic E-state index is 12.8. The lowest BCUT2D eigenvalue weighted by Gasteiger charge is -2.27. The van der Waals surface area contributed by atoms with Gasteiger partial charge in [-0.3, -0.25) is 25.2 Å². The van der Waals surface area contributed by atoms with Crippen LogP contribution in [0.5, 0.6) is 0 Å². The van der Waals surface area contributed by atoms with Crippen LogP contribution in [0.2, 0.25) is 0 Å². The number of carbonyl (C=O) groups is 6. The number of unbranched alkanes of at least 4 members (excludes halogenated alkanes) is 6. The van der Waals surface area contributed by atoms with Crippen molar-refractivity contribution >= 4 is 42.1 Å². The molecule has 0 radical (unpaired) electrons. The van der Waals surface area contributed by atoms with Crippen molar-refractivity contribution < 1.29 is 52.8 Å². The third-order valence-corrected chi connectivity index (χ3v) is 6.97. The first-order chi connectivity index (χ1) is 26.2. The molecule has 0 aromatic rings. The highest BCUT2D eigenvalue weighted by Gasteiger charge is 2.25. The molecule has 0 aromatic carbocycles. The smallest absolute Gasteiger partial charge is 0.414 e. The Morgan fingerprint density at radius 1 is 0.509 bits per heavy atom. The summed E-state index contributed by atoms with van der Waals surface area (Å²) in [6, 6.07) is 0. The summed E-state index contributed by atoms with van der Waals surface area (Å²) in [5.41, 5.74) is -2.77. The van der Waals surface area contributed by atoms with Crippen LogP contribution in [0, 0.1) is 0 Å². The summed E-state index contributed by atoms with van der Waals surface area (Å²) in [5, 5.41) is 22.9. The van der Waals surface area contributed by atoms with Crippen LogP contribution in [0.15, 0.2) is 4.99 Å². The van der Waals surface area contributed by atoms with Crippen molar-refractivity contribution in [1.29, 1.82) is 0 Å². The van der Waals surface area contributed by atoms with Gasteiger partial charge in [-0.15, -0.1) is 0 Å². The maximum Gasteiger partial charge on any atom is 0.414 e. The molecule has 0 saturated heterocycles. The highest BCUT2D eigenvalue weighted by Crippen LogP contribution is 2.12. The van der Waals surface area contributed by atoms with Gasteiger partial charge in [-0.05, 0) is 115 Å². The molecule has 1 atom stereocenters. The number of alkyl carbamates (subject to hydrolysis) is 3. The zero-order chi connectivity index (χ0) is 43.9. The van der Waals surface area contributed by atoms with Gasteiger partial charge in [0.1, 0.15) is 22.4 Å². The summed E-state index contributed by atoms with van der Waals surface area (Å²) in [4.78, 5) is 79.6. The Balaban J connectivity index is 4.48. The van der Waals surface area contributed by atoms with E-state index in [1.54, 1.807) is 88.0 Å². The zero-order valence-electron chi connectivity index (χ0n) is 36.6. The monoisotopic (exact) mass is 816 g/mol. The van der Waals surface area contributed by atoms with Gasteiger partial charge in [-0.2, -0.15) is 0 Å². The molecule has 0 aliphatic rings. The summed E-state index contributed by atoms with van der Waals surface area (Å²) in [6.45, 7) is 22.8. The first kappa shape index (κ1) is 52.6. The predicted octanol–water partition coefficient (Wildman–Crippen LogP) is 5.26. The number of amides is 6. The minimum Gasteiger partial charge on any atom is -0.444 e. The van der Waals surface area contributed by atoms with E-state index in [-0.39, 0.29) is 12.5 Å². The molecule has 0 bridgehead atoms. The molecular formula is C39H73N7O11. The lowest BCUT2D eigenvalue weighted by atomic mass is 10.1. The standard InChI is InChI=1S/C39H73N7O11/c1-36(2,3)54-32(50)43-25-21-27-46(35(53)57-39(10,11)12)26-20-19-23-41-30(49)28(47)29(48)40-22-17-15-13-14-16-18-24-42-31(44-33(51)55-37(4,5)6)45-34(52)56-38(7,8)9/h28,47H,13-27H2,1-12H3,(H,40,48)(H,41,49)(H,43,50)(H2,42,44,45,51,52). The fraction of sp³-hybridized carbons (Fsp3) is 0.821. The van der Waals surface area contributed by atoms with Gasteiger partial charge in [0.15, 0.2) is 0 Å². The molecule has 0 aliphatic heterocycles. The van der Waals surface area contributed by atoms with Gasteiger partial charge >= 0.3 is 24.4 Å². The van der Waals surface area contributed by atoms with Gasteiger partial charge in [0.25, 0.3) is 11.8 Å². The minimum atomic E-state index is -1.85. The van der Waals surface area contributed by atoms with E-state index in [0.29, 0.717) is 64.8 Å². The van der Waals surface area contributed by atoms with E-state index in [2.05, 4.69) is 31.6 Å². The quantitative estimate of drug-likeness (QED) is 0.0305. The van der Waals surface area contributed by atoms with E-state index in [1.807, 2.05) is 0 Å². The number of guanidine groups is 1. The van der Waals surface area contributed by atoms with Crippen LogP contribution in [0.4, 0.5) is 19.2 Å². The fourth-order valence-corrected chi connectivity index (χ4v) is 4.60. The van der Waals surface area contributed by atoms with Gasteiger partial charge in [0.05, 0.1) is 0 Å². The number of aliphatic hydroxyl groups excluding tert-OH is 1. The summed E-state index contributed by atoms with van der Waals surface area (Å²) in [7, 11) is 0. The maximum atomic E-state index is 12.8. The Kier molecular flexibility index (Phi) is 23.8. The van der Waals surface area contributed by atoms with Gasteiger partial charge in [0.2, 0.25) is 12.1 Å². The van der Waals surface area contributed by atoms with E-state index < -0.39 is 64.7 Å². The highest BCUT2D eigenvalue weighted by atomic mass is 16.6. The van der Waals surface area contributed by atoms with Crippen LogP contribution in [-0.4, -0.2) is 120 Å². The van der Waals surface area contributed by atoms with Gasteiger partial charge < -0.3 is 44.9 Å². The van der Waals surface area contributed by atoms with Crippen molar-refractivity contribution in [3.8, 4) is 0 Å². The molecule has 330 valence electrons. The summed E-state index contributed by atoms with van der Waals surface area (Å²) in [5.74, 6) is -1.65. The molecule has 0 rings (SSSR count). The highest BCUT2D eigenvalue weighted by molar-refractivity contribution is 6.03. The van der Waals surface area contributed by atoms with Crippen LogP contribution in [0.25, 0.3) is 0 Å². The van der Waals surface area contributed by atoms with Crippen molar-refractivity contribution in [2.75, 3.05) is 39.3 Å². The number of aliphatic hydroxyl groups is 1. The Labute approximate surface area is 339 Å². The summed E-state index contributed by atoms with van der Waals surface area (Å²) >= 11 is 0. The van der Waals surface area contributed by atoms with Gasteiger partial charge in [0, 0.05) is 39.3 Å². The average Bonchev–Trinajstić information content (AvgIpc) is 3.02.